The Kier molecular flexibility index (Phi) is 2.26. The van der Waals surface area contributed by atoms with Gasteiger partial charge in [0.15, 0.2) is 0 Å². The predicted octanol–water partition coefficient (Wildman–Crippen LogP) is 0.505. The molecule has 0 saturated heterocycles. The van der Waals surface area contributed by atoms with Crippen LogP contribution < -0.4 is 16.4 Å². The molecule has 1 heterocycles. The number of nitrogen functional groups attached to an aromatic ring is 1. The molecule has 4 N–H and O–H groups in total. The van der Waals surface area contributed by atoms with Crippen LogP contribution in [0.25, 0.3) is 0 Å². The van der Waals surface area contributed by atoms with Gasteiger partial charge in [-0.15, -0.1) is 0 Å². The molecule has 0 aromatic heterocycles. The quantitative estimate of drug-likeness (QED) is 0.691. The Labute approximate surface area is 88.9 Å². The fraction of sp³-hybridized carbons (Fsp3) is 0.364. The number of rotatable bonds is 2. The number of carbonyl (C=O) groups excluding carboxylic acids is 1. The largest absolute Gasteiger partial charge is 0.398 e. The molecule has 1 unspecified atom stereocenters. The summed E-state index contributed by atoms with van der Waals surface area (Å²) in [6, 6.07) is 5.50. The summed E-state index contributed by atoms with van der Waals surface area (Å²) in [5.74, 6) is -0.301. The number of hydrogen-bond acceptors (Lipinski definition) is 3. The fourth-order valence-corrected chi connectivity index (χ4v) is 2.04. The van der Waals surface area contributed by atoms with Crippen molar-refractivity contribution >= 4 is 17.3 Å². The normalized spacial score (nSPS) is 16.2. The molecule has 1 aromatic carbocycles. The van der Waals surface area contributed by atoms with E-state index < -0.39 is 0 Å². The Hall–Kier alpha value is -1.71. The highest BCUT2D eigenvalue weighted by atomic mass is 16.1. The van der Waals surface area contributed by atoms with Gasteiger partial charge in [-0.3, -0.25) is 4.79 Å². The highest BCUT2D eigenvalue weighted by Gasteiger charge is 2.27. The molecule has 80 valence electrons. The first-order valence-corrected chi connectivity index (χ1v) is 5.04. The first kappa shape index (κ1) is 9.83. The van der Waals surface area contributed by atoms with Crippen molar-refractivity contribution in [2.24, 2.45) is 5.73 Å². The second kappa shape index (κ2) is 3.46. The minimum Gasteiger partial charge on any atom is -0.398 e. The van der Waals surface area contributed by atoms with Gasteiger partial charge in [0.2, 0.25) is 5.91 Å². The Bertz CT molecular complexity index is 403. The molecule has 1 aliphatic rings. The van der Waals surface area contributed by atoms with Crippen molar-refractivity contribution in [3.8, 4) is 0 Å². The van der Waals surface area contributed by atoms with Crippen LogP contribution in [0.1, 0.15) is 12.5 Å². The molecule has 0 bridgehead atoms. The van der Waals surface area contributed by atoms with Crippen molar-refractivity contribution in [3.63, 3.8) is 0 Å². The van der Waals surface area contributed by atoms with Gasteiger partial charge in [0.05, 0.1) is 0 Å². The smallest absolute Gasteiger partial charge is 0.239 e. The molecule has 15 heavy (non-hydrogen) atoms. The number of anilines is 2. The van der Waals surface area contributed by atoms with E-state index in [0.29, 0.717) is 0 Å². The van der Waals surface area contributed by atoms with Crippen molar-refractivity contribution < 1.29 is 4.79 Å². The van der Waals surface area contributed by atoms with Gasteiger partial charge in [-0.05, 0) is 25.5 Å². The van der Waals surface area contributed by atoms with Crippen LogP contribution in [-0.2, 0) is 11.2 Å². The topological polar surface area (TPSA) is 72.4 Å². The van der Waals surface area contributed by atoms with Gasteiger partial charge in [-0.25, -0.2) is 0 Å². The maximum atomic E-state index is 11.1. The Morgan fingerprint density at radius 1 is 1.53 bits per heavy atom. The van der Waals surface area contributed by atoms with Gasteiger partial charge in [0.1, 0.15) is 6.04 Å². The summed E-state index contributed by atoms with van der Waals surface area (Å²) in [5, 5.41) is 0. The third kappa shape index (κ3) is 1.52. The molecule has 2 rings (SSSR count). The number of hydrogen-bond donors (Lipinski definition) is 2. The third-order valence-electron chi connectivity index (χ3n) is 2.98. The van der Waals surface area contributed by atoms with E-state index in [1.807, 2.05) is 30.0 Å². The number of amides is 1. The highest BCUT2D eigenvalue weighted by Crippen LogP contribution is 2.33. The molecule has 0 aliphatic carbocycles. The summed E-state index contributed by atoms with van der Waals surface area (Å²) in [4.78, 5) is 13.1. The number of nitrogens with two attached hydrogens (primary N) is 2. The Morgan fingerprint density at radius 3 is 2.93 bits per heavy atom. The molecule has 4 heteroatoms. The lowest BCUT2D eigenvalue weighted by molar-refractivity contribution is -0.118. The van der Waals surface area contributed by atoms with Gasteiger partial charge >= 0.3 is 0 Å². The lowest BCUT2D eigenvalue weighted by Crippen LogP contribution is -2.41. The van der Waals surface area contributed by atoms with Gasteiger partial charge in [0.25, 0.3) is 0 Å². The van der Waals surface area contributed by atoms with Gasteiger partial charge in [0, 0.05) is 23.5 Å². The maximum absolute atomic E-state index is 11.1. The minimum atomic E-state index is -0.301. The number of benzene rings is 1. The second-order valence-corrected chi connectivity index (χ2v) is 3.87. The summed E-state index contributed by atoms with van der Waals surface area (Å²) in [6.07, 6.45) is 0.889. The average molecular weight is 205 g/mol. The van der Waals surface area contributed by atoms with Crippen molar-refractivity contribution in [1.29, 1.82) is 0 Å². The molecule has 0 spiro atoms. The van der Waals surface area contributed by atoms with E-state index in [9.17, 15) is 4.79 Å². The first-order chi connectivity index (χ1) is 7.11. The van der Waals surface area contributed by atoms with Crippen LogP contribution in [0.5, 0.6) is 0 Å². The molecule has 1 amide bonds. The lowest BCUT2D eigenvalue weighted by atomic mass is 10.1. The summed E-state index contributed by atoms with van der Waals surface area (Å²) in [7, 11) is 0. The molecule has 0 radical (unpaired) electrons. The molecule has 1 atom stereocenters. The maximum Gasteiger partial charge on any atom is 0.239 e. The van der Waals surface area contributed by atoms with Gasteiger partial charge in [-0.1, -0.05) is 6.07 Å². The molecule has 1 aromatic rings. The lowest BCUT2D eigenvalue weighted by Gasteiger charge is -2.24. The van der Waals surface area contributed by atoms with Gasteiger partial charge < -0.3 is 16.4 Å². The van der Waals surface area contributed by atoms with Crippen LogP contribution in [0.2, 0.25) is 0 Å². The average Bonchev–Trinajstić information content (AvgIpc) is 2.61. The van der Waals surface area contributed by atoms with E-state index >= 15 is 0 Å². The zero-order chi connectivity index (χ0) is 11.0. The van der Waals surface area contributed by atoms with Crippen LogP contribution >= 0.6 is 0 Å². The molecule has 0 saturated carbocycles. The van der Waals surface area contributed by atoms with Crippen LogP contribution in [-0.4, -0.2) is 18.5 Å². The molecular weight excluding hydrogens is 190 g/mol. The van der Waals surface area contributed by atoms with Gasteiger partial charge in [-0.2, -0.15) is 0 Å². The fourth-order valence-electron chi connectivity index (χ4n) is 2.04. The van der Waals surface area contributed by atoms with Crippen LogP contribution in [0.3, 0.4) is 0 Å². The molecular formula is C11H15N3O. The number of carbonyl (C=O) groups is 1. The van der Waals surface area contributed by atoms with E-state index in [-0.39, 0.29) is 11.9 Å². The van der Waals surface area contributed by atoms with Crippen molar-refractivity contribution in [1.82, 2.24) is 0 Å². The van der Waals surface area contributed by atoms with E-state index in [4.69, 9.17) is 11.5 Å². The van der Waals surface area contributed by atoms with E-state index in [0.717, 1.165) is 29.9 Å². The highest BCUT2D eigenvalue weighted by molar-refractivity contribution is 5.85. The zero-order valence-corrected chi connectivity index (χ0v) is 8.73. The van der Waals surface area contributed by atoms with E-state index in [1.165, 1.54) is 0 Å². The standard InChI is InChI=1S/C11H15N3O/c1-7(11(13)15)14-6-5-8-9(12)3-2-4-10(8)14/h2-4,7H,5-6,12H2,1H3,(H2,13,15). The summed E-state index contributed by atoms with van der Waals surface area (Å²) in [5.41, 5.74) is 14.1. The second-order valence-electron chi connectivity index (χ2n) is 3.87. The van der Waals surface area contributed by atoms with Crippen LogP contribution in [0.15, 0.2) is 18.2 Å². The third-order valence-corrected chi connectivity index (χ3v) is 2.98. The SMILES string of the molecule is CC(C(N)=O)N1CCc2c(N)cccc21. The Balaban J connectivity index is 2.37. The van der Waals surface area contributed by atoms with Crippen LogP contribution in [0.4, 0.5) is 11.4 Å². The van der Waals surface area contributed by atoms with Crippen LogP contribution in [0, 0.1) is 0 Å². The predicted molar refractivity (Wildman–Crippen MR) is 60.6 cm³/mol. The number of fused-ring (bicyclic) bond motifs is 1. The van der Waals surface area contributed by atoms with Crippen molar-refractivity contribution in [2.75, 3.05) is 17.2 Å². The van der Waals surface area contributed by atoms with Crippen molar-refractivity contribution in [2.45, 2.75) is 19.4 Å². The minimum absolute atomic E-state index is 0.270. The summed E-state index contributed by atoms with van der Waals surface area (Å²) in [6.45, 7) is 2.63. The number of primary amides is 1. The van der Waals surface area contributed by atoms with Crippen molar-refractivity contribution in [3.05, 3.63) is 23.8 Å². The monoisotopic (exact) mass is 205 g/mol. The van der Waals surface area contributed by atoms with E-state index in [1.54, 1.807) is 0 Å². The summed E-state index contributed by atoms with van der Waals surface area (Å²) < 4.78 is 0. The molecule has 4 nitrogen and oxygen atoms in total. The molecule has 0 fully saturated rings. The summed E-state index contributed by atoms with van der Waals surface area (Å²) >= 11 is 0. The Morgan fingerprint density at radius 2 is 2.27 bits per heavy atom. The number of nitrogens with zero attached hydrogens (tertiary/aromatic N) is 1. The van der Waals surface area contributed by atoms with E-state index in [2.05, 4.69) is 0 Å². The zero-order valence-electron chi connectivity index (χ0n) is 8.73. The first-order valence-electron chi connectivity index (χ1n) is 5.04. The molecule has 1 aliphatic heterocycles.